The number of carboxylic acid groups (broad SMARTS) is 1. The van der Waals surface area contributed by atoms with Crippen LogP contribution in [0.1, 0.15) is 29.2 Å². The number of amides is 1. The van der Waals surface area contributed by atoms with Crippen molar-refractivity contribution in [3.8, 4) is 0 Å². The molecule has 1 aromatic rings. The Labute approximate surface area is 99.0 Å². The molecule has 1 aromatic heterocycles. The number of likely N-dealkylation sites (tertiary alicyclic amines) is 1. The molecule has 0 aliphatic carbocycles. The second kappa shape index (κ2) is 4.61. The number of nitrogens with zero attached hydrogens (tertiary/aromatic N) is 1. The Morgan fingerprint density at radius 2 is 2.29 bits per heavy atom. The van der Waals surface area contributed by atoms with Gasteiger partial charge in [0.2, 0.25) is 0 Å². The predicted octanol–water partition coefficient (Wildman–Crippen LogP) is 1.52. The molecule has 17 heavy (non-hydrogen) atoms. The minimum Gasteiger partial charge on any atom is -0.481 e. The molecule has 2 heterocycles. The number of carboxylic acids is 1. The van der Waals surface area contributed by atoms with E-state index in [0.29, 0.717) is 24.6 Å². The van der Waals surface area contributed by atoms with Crippen LogP contribution in [-0.4, -0.2) is 35.0 Å². The van der Waals surface area contributed by atoms with E-state index in [0.717, 1.165) is 6.42 Å². The summed E-state index contributed by atoms with van der Waals surface area (Å²) >= 11 is 0. The molecule has 0 spiro atoms. The minimum absolute atomic E-state index is 0.0625. The number of aliphatic carboxylic acids is 1. The number of rotatable bonds is 3. The van der Waals surface area contributed by atoms with Crippen LogP contribution < -0.4 is 0 Å². The zero-order chi connectivity index (χ0) is 12.4. The van der Waals surface area contributed by atoms with Gasteiger partial charge in [-0.3, -0.25) is 9.59 Å². The summed E-state index contributed by atoms with van der Waals surface area (Å²) in [5, 5.41) is 8.70. The normalized spacial score (nSPS) is 19.6. The summed E-state index contributed by atoms with van der Waals surface area (Å²) in [6.07, 6.45) is 0.874. The first-order valence-electron chi connectivity index (χ1n) is 5.64. The first-order valence-corrected chi connectivity index (χ1v) is 5.64. The molecule has 1 N–H and O–H groups in total. The van der Waals surface area contributed by atoms with Gasteiger partial charge in [-0.2, -0.15) is 0 Å². The quantitative estimate of drug-likeness (QED) is 0.865. The summed E-state index contributed by atoms with van der Waals surface area (Å²) in [5.41, 5.74) is 0. The highest BCUT2D eigenvalue weighted by molar-refractivity contribution is 5.91. The van der Waals surface area contributed by atoms with Gasteiger partial charge in [0, 0.05) is 19.5 Å². The Bertz CT molecular complexity index is 437. The Kier molecular flexibility index (Phi) is 3.17. The molecule has 2 rings (SSSR count). The second-order valence-electron chi connectivity index (χ2n) is 4.41. The molecule has 0 aromatic carbocycles. The van der Waals surface area contributed by atoms with Crippen molar-refractivity contribution in [2.45, 2.75) is 19.8 Å². The Morgan fingerprint density at radius 3 is 2.88 bits per heavy atom. The van der Waals surface area contributed by atoms with Gasteiger partial charge >= 0.3 is 5.97 Å². The summed E-state index contributed by atoms with van der Waals surface area (Å²) in [6, 6.07) is 3.40. The lowest BCUT2D eigenvalue weighted by atomic mass is 10.1. The lowest BCUT2D eigenvalue weighted by Gasteiger charge is -2.14. The molecule has 1 saturated heterocycles. The van der Waals surface area contributed by atoms with Gasteiger partial charge in [-0.1, -0.05) is 0 Å². The lowest BCUT2D eigenvalue weighted by molar-refractivity contribution is -0.138. The van der Waals surface area contributed by atoms with Gasteiger partial charge in [-0.15, -0.1) is 0 Å². The number of aryl methyl sites for hydroxylation is 1. The SMILES string of the molecule is Cc1ccc(C(=O)N2CCC(CC(=O)O)C2)o1. The third kappa shape index (κ3) is 2.67. The van der Waals surface area contributed by atoms with Crippen molar-refractivity contribution >= 4 is 11.9 Å². The maximum absolute atomic E-state index is 12.0. The number of carbonyl (C=O) groups is 2. The van der Waals surface area contributed by atoms with Gasteiger partial charge < -0.3 is 14.4 Å². The minimum atomic E-state index is -0.807. The van der Waals surface area contributed by atoms with Crippen LogP contribution in [0.15, 0.2) is 16.5 Å². The van der Waals surface area contributed by atoms with E-state index < -0.39 is 5.97 Å². The van der Waals surface area contributed by atoms with E-state index in [9.17, 15) is 9.59 Å². The Balaban J connectivity index is 1.96. The van der Waals surface area contributed by atoms with Crippen molar-refractivity contribution in [2.75, 3.05) is 13.1 Å². The number of hydrogen-bond acceptors (Lipinski definition) is 3. The van der Waals surface area contributed by atoms with Gasteiger partial charge in [0.25, 0.3) is 5.91 Å². The van der Waals surface area contributed by atoms with Gasteiger partial charge in [-0.05, 0) is 31.4 Å². The van der Waals surface area contributed by atoms with Gasteiger partial charge in [0.1, 0.15) is 5.76 Å². The van der Waals surface area contributed by atoms with Crippen LogP contribution in [0, 0.1) is 12.8 Å². The average Bonchev–Trinajstić information content (AvgIpc) is 2.85. The van der Waals surface area contributed by atoms with Crippen molar-refractivity contribution < 1.29 is 19.1 Å². The van der Waals surface area contributed by atoms with Crippen molar-refractivity contribution in [1.82, 2.24) is 4.90 Å². The molecule has 1 aliphatic rings. The highest BCUT2D eigenvalue weighted by Gasteiger charge is 2.29. The van der Waals surface area contributed by atoms with Gasteiger partial charge in [0.05, 0.1) is 0 Å². The van der Waals surface area contributed by atoms with Crippen molar-refractivity contribution in [2.24, 2.45) is 5.92 Å². The Morgan fingerprint density at radius 1 is 1.53 bits per heavy atom. The van der Waals surface area contributed by atoms with Crippen LogP contribution in [0.3, 0.4) is 0 Å². The highest BCUT2D eigenvalue weighted by Crippen LogP contribution is 2.22. The number of carbonyl (C=O) groups excluding carboxylic acids is 1. The second-order valence-corrected chi connectivity index (χ2v) is 4.41. The lowest BCUT2D eigenvalue weighted by Crippen LogP contribution is -2.28. The van der Waals surface area contributed by atoms with E-state index in [2.05, 4.69) is 0 Å². The van der Waals surface area contributed by atoms with E-state index in [1.54, 1.807) is 24.0 Å². The zero-order valence-corrected chi connectivity index (χ0v) is 9.68. The Hall–Kier alpha value is -1.78. The van der Waals surface area contributed by atoms with E-state index in [-0.39, 0.29) is 18.2 Å². The van der Waals surface area contributed by atoms with E-state index in [4.69, 9.17) is 9.52 Å². The van der Waals surface area contributed by atoms with Gasteiger partial charge in [0.15, 0.2) is 5.76 Å². The molecule has 1 amide bonds. The monoisotopic (exact) mass is 237 g/mol. The summed E-state index contributed by atoms with van der Waals surface area (Å²) in [5.74, 6) is 0.143. The molecule has 1 fully saturated rings. The van der Waals surface area contributed by atoms with Crippen LogP contribution in [0.5, 0.6) is 0 Å². The van der Waals surface area contributed by atoms with Crippen LogP contribution >= 0.6 is 0 Å². The van der Waals surface area contributed by atoms with Crippen LogP contribution in [0.4, 0.5) is 0 Å². The van der Waals surface area contributed by atoms with Crippen LogP contribution in [0.2, 0.25) is 0 Å². The first kappa shape index (κ1) is 11.7. The smallest absolute Gasteiger partial charge is 0.303 e. The maximum Gasteiger partial charge on any atom is 0.303 e. The van der Waals surface area contributed by atoms with Crippen LogP contribution in [-0.2, 0) is 4.79 Å². The molecular formula is C12H15NO4. The predicted molar refractivity (Wildman–Crippen MR) is 59.7 cm³/mol. The molecule has 5 nitrogen and oxygen atoms in total. The molecule has 1 aliphatic heterocycles. The maximum atomic E-state index is 12.0. The molecular weight excluding hydrogens is 222 g/mol. The third-order valence-electron chi connectivity index (χ3n) is 2.99. The average molecular weight is 237 g/mol. The van der Waals surface area contributed by atoms with E-state index >= 15 is 0 Å². The summed E-state index contributed by atoms with van der Waals surface area (Å²) < 4.78 is 5.27. The van der Waals surface area contributed by atoms with Crippen molar-refractivity contribution in [3.63, 3.8) is 0 Å². The standard InChI is InChI=1S/C12H15NO4/c1-8-2-3-10(17-8)12(16)13-5-4-9(7-13)6-11(14)15/h2-3,9H,4-7H2,1H3,(H,14,15). The topological polar surface area (TPSA) is 70.8 Å². The largest absolute Gasteiger partial charge is 0.481 e. The van der Waals surface area contributed by atoms with Crippen molar-refractivity contribution in [3.05, 3.63) is 23.7 Å². The van der Waals surface area contributed by atoms with E-state index in [1.807, 2.05) is 0 Å². The molecule has 1 unspecified atom stereocenters. The zero-order valence-electron chi connectivity index (χ0n) is 9.68. The fourth-order valence-corrected chi connectivity index (χ4v) is 2.14. The molecule has 1 atom stereocenters. The van der Waals surface area contributed by atoms with Crippen LogP contribution in [0.25, 0.3) is 0 Å². The van der Waals surface area contributed by atoms with E-state index in [1.165, 1.54) is 0 Å². The molecule has 0 bridgehead atoms. The molecule has 5 heteroatoms. The third-order valence-corrected chi connectivity index (χ3v) is 2.99. The number of hydrogen-bond donors (Lipinski definition) is 1. The van der Waals surface area contributed by atoms with Gasteiger partial charge in [-0.25, -0.2) is 0 Å². The highest BCUT2D eigenvalue weighted by atomic mass is 16.4. The first-order chi connectivity index (χ1) is 8.06. The summed E-state index contributed by atoms with van der Waals surface area (Å²) in [7, 11) is 0. The summed E-state index contributed by atoms with van der Waals surface area (Å²) in [4.78, 5) is 24.2. The summed E-state index contributed by atoms with van der Waals surface area (Å²) in [6.45, 7) is 2.90. The fourth-order valence-electron chi connectivity index (χ4n) is 2.14. The fraction of sp³-hybridized carbons (Fsp3) is 0.500. The van der Waals surface area contributed by atoms with Crippen molar-refractivity contribution in [1.29, 1.82) is 0 Å². The molecule has 0 radical (unpaired) electrons. The molecule has 92 valence electrons. The molecule has 0 saturated carbocycles. The number of furan rings is 1.